The van der Waals surface area contributed by atoms with Gasteiger partial charge < -0.3 is 50.2 Å². The minimum Gasteiger partial charge on any atom is -0.507 e. The lowest BCUT2D eigenvalue weighted by molar-refractivity contribution is -0.369. The molecule has 2 bridgehead atoms. The molecule has 2 saturated heterocycles. The molecule has 9 unspecified atom stereocenters. The highest BCUT2D eigenvalue weighted by atomic mass is 16.7. The zero-order valence-corrected chi connectivity index (χ0v) is 24.4. The molecule has 8 rings (SSSR count). The first-order valence-corrected chi connectivity index (χ1v) is 14.9. The van der Waals surface area contributed by atoms with Gasteiger partial charge in [0.05, 0.1) is 28.9 Å². The number of carbonyl (C=O) groups is 2. The first-order valence-electron chi connectivity index (χ1n) is 14.9. The maximum atomic E-state index is 13.8. The lowest BCUT2D eigenvalue weighted by Crippen LogP contribution is -2.65. The second-order valence-corrected chi connectivity index (χ2v) is 13.0. The molecule has 2 fully saturated rings. The number of phenols is 2. The molecule has 0 radical (unpaired) electrons. The van der Waals surface area contributed by atoms with Crippen LogP contribution in [0.15, 0.2) is 40.9 Å². The number of phenolic OH excluding ortho intramolecular Hbond substituents is 2. The number of hydrogen-bond acceptors (Lipinski definition) is 13. The summed E-state index contributed by atoms with van der Waals surface area (Å²) in [7, 11) is 0. The molecular weight excluding hydrogens is 588 g/mol. The first-order chi connectivity index (χ1) is 21.3. The molecule has 13 nitrogen and oxygen atoms in total. The van der Waals surface area contributed by atoms with Crippen molar-refractivity contribution < 1.29 is 54.4 Å². The number of hydrogen-bond donors (Lipinski definition) is 7. The second-order valence-electron chi connectivity index (χ2n) is 13.0. The molecule has 0 amide bonds. The van der Waals surface area contributed by atoms with Gasteiger partial charge in [0.15, 0.2) is 35.5 Å². The summed E-state index contributed by atoms with van der Waals surface area (Å²) in [5.74, 6) is -1.92. The number of aliphatic imine (C=N–C) groups is 1. The van der Waals surface area contributed by atoms with Gasteiger partial charge in [-0.15, -0.1) is 0 Å². The fourth-order valence-corrected chi connectivity index (χ4v) is 8.07. The molecule has 7 N–H and O–H groups in total. The van der Waals surface area contributed by atoms with E-state index < -0.39 is 71.1 Å². The Morgan fingerprint density at radius 3 is 2.60 bits per heavy atom. The molecule has 6 aliphatic rings. The molecule has 4 aliphatic heterocycles. The molecule has 1 spiro atoms. The molecule has 45 heavy (non-hydrogen) atoms. The number of aliphatic hydroxyl groups is 4. The van der Waals surface area contributed by atoms with Crippen molar-refractivity contribution in [3.63, 3.8) is 0 Å². The molecule has 4 heterocycles. The van der Waals surface area contributed by atoms with Crippen molar-refractivity contribution in [1.29, 1.82) is 0 Å². The normalized spacial score (nSPS) is 38.2. The Morgan fingerprint density at radius 2 is 1.89 bits per heavy atom. The lowest BCUT2D eigenvalue weighted by Gasteiger charge is -2.47. The van der Waals surface area contributed by atoms with Gasteiger partial charge >= 0.3 is 0 Å². The predicted octanol–water partition coefficient (Wildman–Crippen LogP) is 0.773. The average molecular weight is 621 g/mol. The van der Waals surface area contributed by atoms with Crippen molar-refractivity contribution in [3.05, 3.63) is 69.3 Å². The molecule has 13 heteroatoms. The molecule has 2 aromatic carbocycles. The minimum absolute atomic E-state index is 0.0252. The Kier molecular flexibility index (Phi) is 5.88. The number of aliphatic hydroxyl groups excluding tert-OH is 3. The molecular formula is C32H32N2O11. The van der Waals surface area contributed by atoms with Crippen molar-refractivity contribution in [2.75, 3.05) is 6.54 Å². The van der Waals surface area contributed by atoms with E-state index in [0.29, 0.717) is 29.9 Å². The predicted molar refractivity (Wildman–Crippen MR) is 153 cm³/mol. The summed E-state index contributed by atoms with van der Waals surface area (Å²) in [5.41, 5.74) is -3.58. The van der Waals surface area contributed by atoms with Crippen LogP contribution in [0.3, 0.4) is 0 Å². The van der Waals surface area contributed by atoms with E-state index in [1.807, 2.05) is 6.08 Å². The van der Waals surface area contributed by atoms with Crippen molar-refractivity contribution >= 4 is 17.4 Å². The van der Waals surface area contributed by atoms with Crippen LogP contribution in [-0.4, -0.2) is 96.3 Å². The zero-order valence-electron chi connectivity index (χ0n) is 24.4. The van der Waals surface area contributed by atoms with E-state index in [0.717, 1.165) is 5.57 Å². The molecule has 2 aromatic rings. The van der Waals surface area contributed by atoms with Crippen LogP contribution in [0.1, 0.15) is 88.1 Å². The van der Waals surface area contributed by atoms with Crippen LogP contribution < -0.4 is 5.32 Å². The van der Waals surface area contributed by atoms with Gasteiger partial charge in [-0.2, -0.15) is 0 Å². The van der Waals surface area contributed by atoms with Crippen molar-refractivity contribution in [1.82, 2.24) is 5.32 Å². The summed E-state index contributed by atoms with van der Waals surface area (Å²) in [6.07, 6.45) is -5.01. The van der Waals surface area contributed by atoms with E-state index in [9.17, 15) is 40.2 Å². The van der Waals surface area contributed by atoms with Crippen LogP contribution in [0, 0.1) is 0 Å². The van der Waals surface area contributed by atoms with E-state index in [1.165, 1.54) is 31.2 Å². The van der Waals surface area contributed by atoms with Gasteiger partial charge in [-0.1, -0.05) is 12.1 Å². The number of amidine groups is 1. The van der Waals surface area contributed by atoms with Gasteiger partial charge in [0.25, 0.3) is 0 Å². The van der Waals surface area contributed by atoms with E-state index in [1.54, 1.807) is 6.92 Å². The topological polar surface area (TPSA) is 208 Å². The number of nitrogens with zero attached hydrogens (tertiary/aromatic N) is 1. The molecule has 2 aliphatic carbocycles. The first kappa shape index (κ1) is 28.8. The summed E-state index contributed by atoms with van der Waals surface area (Å²) in [4.78, 5) is 32.1. The van der Waals surface area contributed by atoms with E-state index in [-0.39, 0.29) is 40.8 Å². The molecule has 236 valence electrons. The zero-order chi connectivity index (χ0) is 31.8. The van der Waals surface area contributed by atoms with Crippen LogP contribution >= 0.6 is 0 Å². The lowest BCUT2D eigenvalue weighted by atomic mass is 9.69. The number of ketones is 2. The number of nitrogens with one attached hydrogen (secondary N) is 1. The Balaban J connectivity index is 1.28. The standard InChI is InChI=1S/C32H32N2O11/c1-12(35)32(42)19(37)9-20(44-29(32)41)43-27-16-8-15-23(24(38)14-4-3-5-18(36)22(14)25(15)39)26(40)21(16)17-11-30(27,2)45-31(17)10-13-6-7-33-28(13)34-31/h3-5,8,10,12,17,19-20,27,29,35-37,40-42H,6-7,9,11H2,1-2H3,(H,33,34). The van der Waals surface area contributed by atoms with E-state index in [2.05, 4.69) is 10.3 Å². The number of aromatic hydroxyl groups is 2. The van der Waals surface area contributed by atoms with Crippen molar-refractivity contribution in [3.8, 4) is 11.5 Å². The Labute approximate surface area is 256 Å². The third kappa shape index (κ3) is 3.65. The summed E-state index contributed by atoms with van der Waals surface area (Å²) >= 11 is 0. The van der Waals surface area contributed by atoms with Gasteiger partial charge in [-0.3, -0.25) is 14.6 Å². The summed E-state index contributed by atoms with van der Waals surface area (Å²) in [6.45, 7) is 3.63. The van der Waals surface area contributed by atoms with Crippen LogP contribution in [0.2, 0.25) is 0 Å². The van der Waals surface area contributed by atoms with Crippen LogP contribution in [-0.2, 0) is 14.2 Å². The van der Waals surface area contributed by atoms with E-state index >= 15 is 0 Å². The highest BCUT2D eigenvalue weighted by Crippen LogP contribution is 2.63. The van der Waals surface area contributed by atoms with E-state index in [4.69, 9.17) is 14.2 Å². The number of fused-ring (bicyclic) bond motifs is 8. The monoisotopic (exact) mass is 620 g/mol. The van der Waals surface area contributed by atoms with Crippen molar-refractivity contribution in [2.45, 2.75) is 86.8 Å². The molecule has 9 atom stereocenters. The minimum atomic E-state index is -2.37. The average Bonchev–Trinajstić information content (AvgIpc) is 3.62. The van der Waals surface area contributed by atoms with Crippen LogP contribution in [0.5, 0.6) is 11.5 Å². The van der Waals surface area contributed by atoms with Gasteiger partial charge in [0.1, 0.15) is 23.4 Å². The SMILES string of the molecule is CC(O)C1(O)C(O)CC(OC2c3cc4c(c(O)c3C3CC2(C)OC32C=C3CCN=C3N2)C(=O)c2cccc(O)c2C4=O)OC1O. The highest BCUT2D eigenvalue weighted by molar-refractivity contribution is 6.30. The largest absolute Gasteiger partial charge is 0.507 e. The van der Waals surface area contributed by atoms with Crippen LogP contribution in [0.4, 0.5) is 0 Å². The van der Waals surface area contributed by atoms with Gasteiger partial charge in [-0.05, 0) is 56.0 Å². The number of ether oxygens (including phenoxy) is 3. The van der Waals surface area contributed by atoms with Gasteiger partial charge in [0, 0.05) is 35.6 Å². The van der Waals surface area contributed by atoms with Gasteiger partial charge in [-0.25, -0.2) is 0 Å². The Hall–Kier alpha value is -3.69. The Morgan fingerprint density at radius 1 is 1.13 bits per heavy atom. The fourth-order valence-electron chi connectivity index (χ4n) is 8.07. The quantitative estimate of drug-likeness (QED) is 0.217. The Bertz CT molecular complexity index is 1760. The third-order valence-electron chi connectivity index (χ3n) is 10.3. The third-order valence-corrected chi connectivity index (χ3v) is 10.3. The number of benzene rings is 2. The van der Waals surface area contributed by atoms with Crippen LogP contribution in [0.25, 0.3) is 0 Å². The molecule has 0 saturated carbocycles. The number of rotatable bonds is 3. The summed E-state index contributed by atoms with van der Waals surface area (Å²) in [6, 6.07) is 5.66. The fraction of sp³-hybridized carbons (Fsp3) is 0.469. The maximum absolute atomic E-state index is 13.8. The highest BCUT2D eigenvalue weighted by Gasteiger charge is 2.65. The number of carbonyl (C=O) groups excluding carboxylic acids is 2. The molecule has 0 aromatic heterocycles. The van der Waals surface area contributed by atoms with Crippen molar-refractivity contribution in [2.24, 2.45) is 4.99 Å². The smallest absolute Gasteiger partial charge is 0.198 e. The van der Waals surface area contributed by atoms with Gasteiger partial charge in [0.2, 0.25) is 0 Å². The summed E-state index contributed by atoms with van der Waals surface area (Å²) in [5, 5.41) is 68.1. The maximum Gasteiger partial charge on any atom is 0.198 e. The second kappa shape index (κ2) is 9.19. The summed E-state index contributed by atoms with van der Waals surface area (Å²) < 4.78 is 18.8.